The number of aromatic amines is 1. The lowest BCUT2D eigenvalue weighted by atomic mass is 10.0. The van der Waals surface area contributed by atoms with Crippen molar-refractivity contribution in [3.05, 3.63) is 81.9 Å². The van der Waals surface area contributed by atoms with Crippen LogP contribution in [0.25, 0.3) is 11.3 Å². The molecule has 0 aliphatic heterocycles. The molecule has 0 bridgehead atoms. The van der Waals surface area contributed by atoms with E-state index < -0.39 is 11.6 Å². The van der Waals surface area contributed by atoms with Crippen LogP contribution in [0.3, 0.4) is 0 Å². The van der Waals surface area contributed by atoms with Crippen LogP contribution in [0, 0.1) is 0 Å². The molecule has 0 spiro atoms. The molecule has 3 rings (SSSR count). The van der Waals surface area contributed by atoms with E-state index in [2.05, 4.69) is 11.9 Å². The highest BCUT2D eigenvalue weighted by Crippen LogP contribution is 2.22. The van der Waals surface area contributed by atoms with Crippen LogP contribution in [0.15, 0.2) is 59.4 Å². The second-order valence-corrected chi connectivity index (χ2v) is 10.5. The number of hydrogen-bond acceptors (Lipinski definition) is 5. The minimum absolute atomic E-state index is 0.143. The maximum Gasteiger partial charge on any atom is 0.347 e. The first-order valence-electron chi connectivity index (χ1n) is 14.2. The normalized spacial score (nSPS) is 11.3. The number of carboxylic acids is 1. The molecule has 0 saturated heterocycles. The Bertz CT molecular complexity index is 1320. The molecule has 40 heavy (non-hydrogen) atoms. The third-order valence-electron chi connectivity index (χ3n) is 6.89. The molecule has 1 heterocycles. The number of nitrogens with one attached hydrogen (secondary N) is 1. The van der Waals surface area contributed by atoms with Gasteiger partial charge in [-0.1, -0.05) is 69.9 Å². The Morgan fingerprint density at radius 3 is 2.25 bits per heavy atom. The van der Waals surface area contributed by atoms with E-state index in [0.29, 0.717) is 54.3 Å². The Kier molecular flexibility index (Phi) is 11.1. The molecule has 0 saturated carbocycles. The average Bonchev–Trinajstić information content (AvgIpc) is 2.95. The van der Waals surface area contributed by atoms with Gasteiger partial charge in [0.1, 0.15) is 11.6 Å². The molecule has 0 aliphatic carbocycles. The van der Waals surface area contributed by atoms with E-state index >= 15 is 0 Å². The summed E-state index contributed by atoms with van der Waals surface area (Å²) in [5, 5.41) is 9.33. The minimum Gasteiger partial charge on any atom is -0.478 e. The van der Waals surface area contributed by atoms with Crippen molar-refractivity contribution in [3.63, 3.8) is 0 Å². The molecule has 8 nitrogen and oxygen atoms in total. The van der Waals surface area contributed by atoms with E-state index in [4.69, 9.17) is 9.72 Å². The zero-order valence-electron chi connectivity index (χ0n) is 24.0. The number of rotatable bonds is 15. The number of ether oxygens (including phenoxy) is 1. The van der Waals surface area contributed by atoms with Gasteiger partial charge in [0.15, 0.2) is 5.60 Å². The zero-order valence-corrected chi connectivity index (χ0v) is 24.0. The lowest BCUT2D eigenvalue weighted by molar-refractivity contribution is -0.152. The van der Waals surface area contributed by atoms with Crippen LogP contribution < -0.4 is 10.3 Å². The summed E-state index contributed by atoms with van der Waals surface area (Å²) in [5.74, 6) is -0.218. The molecule has 3 aromatic rings. The number of unbranched alkanes of at least 4 members (excludes halogenated alkanes) is 4. The quantitative estimate of drug-likeness (QED) is 0.229. The van der Waals surface area contributed by atoms with E-state index in [-0.39, 0.29) is 11.5 Å². The molecule has 0 radical (unpaired) electrons. The molecule has 0 unspecified atom stereocenters. The number of carbonyl (C=O) groups is 2. The van der Waals surface area contributed by atoms with Gasteiger partial charge in [-0.3, -0.25) is 9.59 Å². The van der Waals surface area contributed by atoms with E-state index in [1.54, 1.807) is 29.2 Å². The predicted molar refractivity (Wildman–Crippen MR) is 157 cm³/mol. The number of amides is 1. The summed E-state index contributed by atoms with van der Waals surface area (Å²) in [5.41, 5.74) is 0.997. The van der Waals surface area contributed by atoms with Gasteiger partial charge in [0, 0.05) is 36.2 Å². The van der Waals surface area contributed by atoms with E-state index in [9.17, 15) is 19.5 Å². The second kappa shape index (κ2) is 14.4. The van der Waals surface area contributed by atoms with Gasteiger partial charge >= 0.3 is 5.97 Å². The van der Waals surface area contributed by atoms with E-state index in [0.717, 1.165) is 37.7 Å². The van der Waals surface area contributed by atoms with Crippen LogP contribution >= 0.6 is 0 Å². The van der Waals surface area contributed by atoms with Crippen molar-refractivity contribution in [2.75, 3.05) is 13.1 Å². The number of aryl methyl sites for hydroxylation is 1. The fourth-order valence-corrected chi connectivity index (χ4v) is 4.43. The molecule has 0 fully saturated rings. The van der Waals surface area contributed by atoms with Gasteiger partial charge in [0.25, 0.3) is 11.5 Å². The third-order valence-corrected chi connectivity index (χ3v) is 6.89. The molecule has 0 atom stereocenters. The molecule has 2 N–H and O–H groups in total. The van der Waals surface area contributed by atoms with Crippen LogP contribution in [0.2, 0.25) is 0 Å². The van der Waals surface area contributed by atoms with Gasteiger partial charge < -0.3 is 19.7 Å². The van der Waals surface area contributed by atoms with Crippen molar-refractivity contribution in [3.8, 4) is 17.0 Å². The predicted octanol–water partition coefficient (Wildman–Crippen LogP) is 5.90. The summed E-state index contributed by atoms with van der Waals surface area (Å²) in [7, 11) is 0. The Morgan fingerprint density at radius 1 is 0.950 bits per heavy atom. The van der Waals surface area contributed by atoms with Gasteiger partial charge in [0.05, 0.1) is 5.69 Å². The molecule has 8 heteroatoms. The van der Waals surface area contributed by atoms with Crippen molar-refractivity contribution < 1.29 is 19.4 Å². The lowest BCUT2D eigenvalue weighted by Gasteiger charge is -2.24. The average molecular weight is 548 g/mol. The van der Waals surface area contributed by atoms with Crippen molar-refractivity contribution in [2.45, 2.75) is 78.2 Å². The maximum atomic E-state index is 13.6. The monoisotopic (exact) mass is 547 g/mol. The van der Waals surface area contributed by atoms with Gasteiger partial charge in [0.2, 0.25) is 0 Å². The summed E-state index contributed by atoms with van der Waals surface area (Å²) >= 11 is 0. The van der Waals surface area contributed by atoms with Crippen molar-refractivity contribution >= 4 is 11.9 Å². The van der Waals surface area contributed by atoms with Crippen molar-refractivity contribution in [2.24, 2.45) is 0 Å². The third kappa shape index (κ3) is 8.28. The van der Waals surface area contributed by atoms with Crippen LogP contribution in [0.1, 0.15) is 81.5 Å². The lowest BCUT2D eigenvalue weighted by Crippen LogP contribution is -2.38. The highest BCUT2D eigenvalue weighted by Gasteiger charge is 2.29. The topological polar surface area (TPSA) is 113 Å². The molecule has 1 aromatic heterocycles. The first-order valence-corrected chi connectivity index (χ1v) is 14.2. The van der Waals surface area contributed by atoms with Crippen LogP contribution in [-0.2, 0) is 17.6 Å². The van der Waals surface area contributed by atoms with Crippen LogP contribution in [0.4, 0.5) is 0 Å². The van der Waals surface area contributed by atoms with Gasteiger partial charge in [-0.2, -0.15) is 0 Å². The number of aromatic nitrogens is 2. The smallest absolute Gasteiger partial charge is 0.347 e. The Labute approximate surface area is 236 Å². The molecular weight excluding hydrogens is 506 g/mol. The minimum atomic E-state index is -1.39. The number of hydrogen-bond donors (Lipinski definition) is 2. The number of benzene rings is 2. The highest BCUT2D eigenvalue weighted by atomic mass is 16.5. The number of carboxylic acid groups (broad SMARTS) is 1. The number of H-pyrrole nitrogens is 1. The first-order chi connectivity index (χ1) is 19.2. The van der Waals surface area contributed by atoms with Crippen molar-refractivity contribution in [1.82, 2.24) is 14.9 Å². The number of aliphatic carboxylic acids is 1. The summed E-state index contributed by atoms with van der Waals surface area (Å²) < 4.78 is 5.58. The molecule has 1 amide bonds. The molecular formula is C32H41N3O5. The van der Waals surface area contributed by atoms with Crippen LogP contribution in [-0.4, -0.2) is 50.5 Å². The fourth-order valence-electron chi connectivity index (χ4n) is 4.43. The second-order valence-electron chi connectivity index (χ2n) is 10.5. The maximum absolute atomic E-state index is 13.6. The summed E-state index contributed by atoms with van der Waals surface area (Å²) in [6.07, 6.45) is 6.29. The first kappa shape index (κ1) is 30.6. The molecule has 214 valence electrons. The molecule has 2 aromatic carbocycles. The van der Waals surface area contributed by atoms with Crippen LogP contribution in [0.5, 0.6) is 5.75 Å². The van der Waals surface area contributed by atoms with Crippen molar-refractivity contribution in [1.29, 1.82) is 0 Å². The van der Waals surface area contributed by atoms with Gasteiger partial charge in [-0.25, -0.2) is 9.78 Å². The largest absolute Gasteiger partial charge is 0.478 e. The zero-order chi connectivity index (χ0) is 29.1. The summed E-state index contributed by atoms with van der Waals surface area (Å²) in [6, 6.07) is 16.2. The van der Waals surface area contributed by atoms with E-state index in [1.807, 2.05) is 37.3 Å². The standard InChI is InChI=1S/C32H41N3O5/c1-5-7-8-9-13-21-35(30(37)24-16-18-25(19-17-24)40-32(3,4)31(38)39)22-20-26-28(23-14-11-10-12-15-23)33-27(6-2)34-29(26)36/h10-12,14-19H,5-9,13,20-22H2,1-4H3,(H,38,39)(H,33,34,36). The van der Waals surface area contributed by atoms with Gasteiger partial charge in [-0.15, -0.1) is 0 Å². The number of nitrogens with zero attached hydrogens (tertiary/aromatic N) is 2. The van der Waals surface area contributed by atoms with Gasteiger partial charge in [-0.05, 0) is 51.0 Å². The summed E-state index contributed by atoms with van der Waals surface area (Å²) in [4.78, 5) is 47.6. The fraction of sp³-hybridized carbons (Fsp3) is 0.438. The molecule has 0 aliphatic rings. The van der Waals surface area contributed by atoms with E-state index in [1.165, 1.54) is 13.8 Å². The Morgan fingerprint density at radius 2 is 1.62 bits per heavy atom. The SMILES string of the molecule is CCCCCCCN(CCc1c(-c2ccccc2)nc(CC)[nH]c1=O)C(=O)c1ccc(OC(C)(C)C(=O)O)cc1. The Hall–Kier alpha value is -3.94. The number of carbonyl (C=O) groups excluding carboxylic acids is 1. The Balaban J connectivity index is 1.83. The highest BCUT2D eigenvalue weighted by molar-refractivity contribution is 5.94. The summed E-state index contributed by atoms with van der Waals surface area (Å²) in [6.45, 7) is 8.01.